The van der Waals surface area contributed by atoms with E-state index in [0.29, 0.717) is 35.6 Å². The summed E-state index contributed by atoms with van der Waals surface area (Å²) >= 11 is 1.34. The smallest absolute Gasteiger partial charge is 0.351 e. The number of esters is 1. The van der Waals surface area contributed by atoms with Gasteiger partial charge >= 0.3 is 5.97 Å². The second kappa shape index (κ2) is 10.3. The summed E-state index contributed by atoms with van der Waals surface area (Å²) in [4.78, 5) is 17.0. The van der Waals surface area contributed by atoms with Gasteiger partial charge in [0, 0.05) is 5.56 Å². The molecule has 0 N–H and O–H groups in total. The average Bonchev–Trinajstić information content (AvgIpc) is 3.43. The monoisotopic (exact) mass is 455 g/mol. The Balaban J connectivity index is 1.30. The lowest BCUT2D eigenvalue weighted by atomic mass is 9.88. The first kappa shape index (κ1) is 22.6. The Kier molecular flexibility index (Phi) is 7.27. The quantitative estimate of drug-likeness (QED) is 0.390. The van der Waals surface area contributed by atoms with E-state index < -0.39 is 0 Å². The van der Waals surface area contributed by atoms with Crippen LogP contribution in [0.4, 0.5) is 0 Å². The second-order valence-electron chi connectivity index (χ2n) is 8.27. The Morgan fingerprint density at radius 2 is 2.00 bits per heavy atom. The molecule has 2 atom stereocenters. The van der Waals surface area contributed by atoms with Gasteiger partial charge in [0.05, 0.1) is 26.4 Å². The van der Waals surface area contributed by atoms with Gasteiger partial charge in [0.1, 0.15) is 17.2 Å². The number of ether oxygens (including phenoxy) is 3. The fraction of sp³-hybridized carbons (Fsp3) is 0.440. The normalized spacial score (nSPS) is 18.5. The zero-order chi connectivity index (χ0) is 22.5. The molecule has 7 heteroatoms. The highest BCUT2D eigenvalue weighted by atomic mass is 32.1. The molecule has 0 unspecified atom stereocenters. The van der Waals surface area contributed by atoms with Crippen molar-refractivity contribution in [1.29, 1.82) is 0 Å². The minimum atomic E-state index is -0.354. The van der Waals surface area contributed by atoms with E-state index in [4.69, 9.17) is 18.6 Å². The molecule has 1 aromatic carbocycles. The maximum Gasteiger partial charge on any atom is 0.351 e. The predicted octanol–water partition coefficient (Wildman–Crippen LogP) is 5.96. The van der Waals surface area contributed by atoms with Crippen LogP contribution in [0.2, 0.25) is 0 Å². The summed E-state index contributed by atoms with van der Waals surface area (Å²) in [7, 11) is 1.38. The van der Waals surface area contributed by atoms with Crippen LogP contribution in [0.15, 0.2) is 40.1 Å². The molecule has 0 radical (unpaired) electrons. The zero-order valence-corrected chi connectivity index (χ0v) is 19.6. The third kappa shape index (κ3) is 5.40. The van der Waals surface area contributed by atoms with Gasteiger partial charge < -0.3 is 18.6 Å². The predicted molar refractivity (Wildman–Crippen MR) is 123 cm³/mol. The summed E-state index contributed by atoms with van der Waals surface area (Å²) in [5.41, 5.74) is 3.02. The third-order valence-corrected chi connectivity index (χ3v) is 6.73. The lowest BCUT2D eigenvalue weighted by molar-refractivity contribution is -0.00600. The number of hydrogen-bond donors (Lipinski definition) is 0. The molecular weight excluding hydrogens is 426 g/mol. The van der Waals surface area contributed by atoms with Crippen LogP contribution in [-0.2, 0) is 16.1 Å². The molecule has 170 valence electrons. The van der Waals surface area contributed by atoms with Crippen LogP contribution in [0, 0.1) is 19.8 Å². The van der Waals surface area contributed by atoms with Gasteiger partial charge in [-0.3, -0.25) is 0 Å². The van der Waals surface area contributed by atoms with Crippen LogP contribution >= 0.6 is 11.3 Å². The number of aryl methyl sites for hydroxylation is 2. The SMILES string of the molecule is COC(=O)c1sccc1OC[C@@H]1CCC[C@H](OCc2nc(-c3ccc(C)cc3)oc2C)C1. The summed E-state index contributed by atoms with van der Waals surface area (Å²) in [5, 5.41) is 1.85. The van der Waals surface area contributed by atoms with Gasteiger partial charge in [0.15, 0.2) is 4.88 Å². The molecule has 2 heterocycles. The second-order valence-corrected chi connectivity index (χ2v) is 9.19. The molecule has 0 aliphatic heterocycles. The topological polar surface area (TPSA) is 70.8 Å². The van der Waals surface area contributed by atoms with Crippen molar-refractivity contribution in [3.63, 3.8) is 0 Å². The standard InChI is InChI=1S/C25H29NO5S/c1-16-7-9-19(10-8-16)24-26-21(17(2)31-24)15-29-20-6-4-5-18(13-20)14-30-22-11-12-32-23(22)25(27)28-3/h7-12,18,20H,4-6,13-15H2,1-3H3/t18-,20+/m1/s1. The van der Waals surface area contributed by atoms with Crippen molar-refractivity contribution < 1.29 is 23.4 Å². The van der Waals surface area contributed by atoms with Gasteiger partial charge in [-0.1, -0.05) is 24.1 Å². The number of aromatic nitrogens is 1. The van der Waals surface area contributed by atoms with E-state index >= 15 is 0 Å². The number of oxazole rings is 1. The van der Waals surface area contributed by atoms with E-state index in [1.807, 2.05) is 30.5 Å². The molecule has 1 fully saturated rings. The van der Waals surface area contributed by atoms with E-state index in [-0.39, 0.29) is 12.1 Å². The molecule has 2 aromatic heterocycles. The van der Waals surface area contributed by atoms with Crippen molar-refractivity contribution in [2.45, 2.75) is 52.2 Å². The van der Waals surface area contributed by atoms with Crippen molar-refractivity contribution in [2.75, 3.05) is 13.7 Å². The first-order chi connectivity index (χ1) is 15.5. The molecular formula is C25H29NO5S. The van der Waals surface area contributed by atoms with E-state index in [1.165, 1.54) is 24.0 Å². The van der Waals surface area contributed by atoms with Gasteiger partial charge in [-0.25, -0.2) is 9.78 Å². The number of rotatable bonds is 8. The molecule has 6 nitrogen and oxygen atoms in total. The minimum Gasteiger partial charge on any atom is -0.492 e. The van der Waals surface area contributed by atoms with Crippen molar-refractivity contribution in [3.05, 3.63) is 57.6 Å². The maximum atomic E-state index is 11.8. The molecule has 1 aliphatic rings. The maximum absolute atomic E-state index is 11.8. The molecule has 0 saturated heterocycles. The molecule has 0 spiro atoms. The molecule has 1 saturated carbocycles. The summed E-state index contributed by atoms with van der Waals surface area (Å²) in [5.74, 6) is 2.07. The first-order valence-corrected chi connectivity index (χ1v) is 11.8. The van der Waals surface area contributed by atoms with Crippen LogP contribution in [0.3, 0.4) is 0 Å². The molecule has 3 aromatic rings. The molecule has 1 aliphatic carbocycles. The van der Waals surface area contributed by atoms with Crippen molar-refractivity contribution in [3.8, 4) is 17.2 Å². The number of methoxy groups -OCH3 is 1. The van der Waals surface area contributed by atoms with Crippen LogP contribution < -0.4 is 4.74 Å². The number of thiophene rings is 1. The molecule has 32 heavy (non-hydrogen) atoms. The van der Waals surface area contributed by atoms with Crippen LogP contribution in [0.25, 0.3) is 11.5 Å². The van der Waals surface area contributed by atoms with Gasteiger partial charge in [-0.15, -0.1) is 11.3 Å². The fourth-order valence-corrected chi connectivity index (χ4v) is 4.73. The van der Waals surface area contributed by atoms with Crippen LogP contribution in [-0.4, -0.2) is 30.8 Å². The number of carbonyl (C=O) groups excluding carboxylic acids is 1. The Hall–Kier alpha value is -2.64. The lowest BCUT2D eigenvalue weighted by Crippen LogP contribution is -2.26. The molecule has 0 amide bonds. The average molecular weight is 456 g/mol. The van der Waals surface area contributed by atoms with E-state index in [1.54, 1.807) is 0 Å². The largest absolute Gasteiger partial charge is 0.492 e. The number of hydrogen-bond acceptors (Lipinski definition) is 7. The highest BCUT2D eigenvalue weighted by molar-refractivity contribution is 7.12. The van der Waals surface area contributed by atoms with E-state index in [9.17, 15) is 4.79 Å². The van der Waals surface area contributed by atoms with E-state index in [2.05, 4.69) is 24.0 Å². The van der Waals surface area contributed by atoms with Crippen molar-refractivity contribution in [2.24, 2.45) is 5.92 Å². The Bertz CT molecular complexity index is 1040. The zero-order valence-electron chi connectivity index (χ0n) is 18.8. The fourth-order valence-electron chi connectivity index (χ4n) is 3.98. The van der Waals surface area contributed by atoms with Gasteiger partial charge in [-0.05, 0) is 62.6 Å². The van der Waals surface area contributed by atoms with Crippen LogP contribution in [0.5, 0.6) is 5.75 Å². The molecule has 0 bridgehead atoms. The van der Waals surface area contributed by atoms with Gasteiger partial charge in [0.2, 0.25) is 5.89 Å². The highest BCUT2D eigenvalue weighted by Crippen LogP contribution is 2.31. The first-order valence-electron chi connectivity index (χ1n) is 11.0. The highest BCUT2D eigenvalue weighted by Gasteiger charge is 2.25. The van der Waals surface area contributed by atoms with E-state index in [0.717, 1.165) is 42.7 Å². The summed E-state index contributed by atoms with van der Waals surface area (Å²) in [6.45, 7) is 5.00. The van der Waals surface area contributed by atoms with Gasteiger partial charge in [0.25, 0.3) is 0 Å². The number of benzene rings is 1. The minimum absolute atomic E-state index is 0.166. The van der Waals surface area contributed by atoms with Crippen molar-refractivity contribution >= 4 is 17.3 Å². The number of carbonyl (C=O) groups is 1. The summed E-state index contributed by atoms with van der Waals surface area (Å²) in [6, 6.07) is 9.98. The van der Waals surface area contributed by atoms with Crippen molar-refractivity contribution in [1.82, 2.24) is 4.98 Å². The van der Waals surface area contributed by atoms with Gasteiger partial charge in [-0.2, -0.15) is 0 Å². The lowest BCUT2D eigenvalue weighted by Gasteiger charge is -2.29. The Morgan fingerprint density at radius 3 is 2.78 bits per heavy atom. The number of nitrogens with zero attached hydrogens (tertiary/aromatic N) is 1. The van der Waals surface area contributed by atoms with Crippen LogP contribution in [0.1, 0.15) is 52.4 Å². The Labute approximate surface area is 192 Å². The summed E-state index contributed by atoms with van der Waals surface area (Å²) in [6.07, 6.45) is 4.32. The third-order valence-electron chi connectivity index (χ3n) is 5.86. The Morgan fingerprint density at radius 1 is 1.19 bits per heavy atom. The summed E-state index contributed by atoms with van der Waals surface area (Å²) < 4.78 is 22.9. The molecule has 4 rings (SSSR count).